The molecule has 2 aliphatic heterocycles. The fourth-order valence-corrected chi connectivity index (χ4v) is 5.18. The maximum Gasteiger partial charge on any atom is 0.223 e. The minimum Gasteiger partial charge on any atom is -0.373 e. The smallest absolute Gasteiger partial charge is 0.223 e. The molecule has 1 aromatic carbocycles. The predicted octanol–water partition coefficient (Wildman–Crippen LogP) is 1.34. The van der Waals surface area contributed by atoms with Crippen molar-refractivity contribution in [1.82, 2.24) is 4.90 Å². The monoisotopic (exact) mass is 341 g/mol. The summed E-state index contributed by atoms with van der Waals surface area (Å²) in [5, 5.41) is 0. The van der Waals surface area contributed by atoms with E-state index in [0.717, 1.165) is 5.56 Å². The number of carbonyl (C=O) groups is 1. The van der Waals surface area contributed by atoms with E-state index < -0.39 is 15.9 Å². The number of amides is 1. The number of halogens is 1. The van der Waals surface area contributed by atoms with Gasteiger partial charge >= 0.3 is 0 Å². The van der Waals surface area contributed by atoms with Crippen molar-refractivity contribution in [3.8, 4) is 0 Å². The third-order valence-electron chi connectivity index (χ3n) is 4.58. The van der Waals surface area contributed by atoms with Crippen molar-refractivity contribution in [2.75, 3.05) is 24.7 Å². The topological polar surface area (TPSA) is 63.7 Å². The van der Waals surface area contributed by atoms with Crippen LogP contribution in [0.4, 0.5) is 4.39 Å². The first-order valence-corrected chi connectivity index (χ1v) is 9.55. The van der Waals surface area contributed by atoms with Gasteiger partial charge in [-0.05, 0) is 23.6 Å². The van der Waals surface area contributed by atoms with Gasteiger partial charge in [0.2, 0.25) is 5.91 Å². The molecule has 0 aliphatic carbocycles. The maximum absolute atomic E-state index is 13.0. The molecule has 1 amide bonds. The summed E-state index contributed by atoms with van der Waals surface area (Å²) in [6.45, 7) is 2.70. The molecular formula is C16H20FNO4S. The molecule has 0 bridgehead atoms. The normalized spacial score (nSPS) is 27.5. The van der Waals surface area contributed by atoms with Crippen LogP contribution in [0.15, 0.2) is 24.3 Å². The Morgan fingerprint density at radius 3 is 2.74 bits per heavy atom. The number of sulfone groups is 1. The molecule has 1 aromatic rings. The molecule has 0 spiro atoms. The second kappa shape index (κ2) is 6.20. The number of morpholine rings is 1. The number of ether oxygens (including phenoxy) is 1. The lowest BCUT2D eigenvalue weighted by Crippen LogP contribution is -2.53. The van der Waals surface area contributed by atoms with Crippen LogP contribution in [-0.2, 0) is 19.4 Å². The van der Waals surface area contributed by atoms with Crippen LogP contribution in [0.1, 0.15) is 24.8 Å². The Hall–Kier alpha value is -1.47. The molecule has 23 heavy (non-hydrogen) atoms. The largest absolute Gasteiger partial charge is 0.373 e. The maximum atomic E-state index is 13.0. The predicted molar refractivity (Wildman–Crippen MR) is 83.3 cm³/mol. The van der Waals surface area contributed by atoms with E-state index >= 15 is 0 Å². The Balaban J connectivity index is 1.69. The van der Waals surface area contributed by atoms with E-state index in [1.807, 2.05) is 6.92 Å². The average molecular weight is 341 g/mol. The van der Waals surface area contributed by atoms with Gasteiger partial charge in [-0.15, -0.1) is 0 Å². The molecule has 0 radical (unpaired) electrons. The quantitative estimate of drug-likeness (QED) is 0.832. The van der Waals surface area contributed by atoms with Gasteiger partial charge in [0.15, 0.2) is 9.84 Å². The Morgan fingerprint density at radius 1 is 1.35 bits per heavy atom. The van der Waals surface area contributed by atoms with Gasteiger partial charge < -0.3 is 9.64 Å². The lowest BCUT2D eigenvalue weighted by Gasteiger charge is -2.37. The van der Waals surface area contributed by atoms with Gasteiger partial charge in [0, 0.05) is 13.0 Å². The fourth-order valence-electron chi connectivity index (χ4n) is 3.31. The van der Waals surface area contributed by atoms with Crippen molar-refractivity contribution in [3.05, 3.63) is 35.6 Å². The van der Waals surface area contributed by atoms with Crippen LogP contribution < -0.4 is 0 Å². The van der Waals surface area contributed by atoms with Crippen molar-refractivity contribution in [1.29, 1.82) is 0 Å². The highest BCUT2D eigenvalue weighted by Gasteiger charge is 2.45. The average Bonchev–Trinajstić information content (AvgIpc) is 2.81. The second-order valence-corrected chi connectivity index (χ2v) is 8.45. The molecule has 3 unspecified atom stereocenters. The third kappa shape index (κ3) is 3.55. The lowest BCUT2D eigenvalue weighted by atomic mass is 9.96. The standard InChI is InChI=1S/C16H20FNO4S/c1-11(12-2-4-13(17)5-3-12)8-16(19)18-6-7-22-15-10-23(20,21)9-14(15)18/h2-5,11,14-15H,6-10H2,1H3. The minimum absolute atomic E-state index is 0.00500. The lowest BCUT2D eigenvalue weighted by molar-refractivity contribution is -0.143. The van der Waals surface area contributed by atoms with Crippen molar-refractivity contribution >= 4 is 15.7 Å². The van der Waals surface area contributed by atoms with Crippen LogP contribution in [0.3, 0.4) is 0 Å². The number of hydrogen-bond acceptors (Lipinski definition) is 4. The van der Waals surface area contributed by atoms with Gasteiger partial charge in [-0.3, -0.25) is 4.79 Å². The SMILES string of the molecule is CC(CC(=O)N1CCOC2CS(=O)(=O)CC21)c1ccc(F)cc1. The van der Waals surface area contributed by atoms with Gasteiger partial charge in [-0.25, -0.2) is 12.8 Å². The summed E-state index contributed by atoms with van der Waals surface area (Å²) in [6, 6.07) is 5.74. The molecule has 2 saturated heterocycles. The van der Waals surface area contributed by atoms with Crippen molar-refractivity contribution in [3.63, 3.8) is 0 Å². The van der Waals surface area contributed by atoms with Gasteiger partial charge in [0.1, 0.15) is 5.82 Å². The van der Waals surface area contributed by atoms with Crippen LogP contribution in [0.5, 0.6) is 0 Å². The second-order valence-electron chi connectivity index (χ2n) is 6.30. The third-order valence-corrected chi connectivity index (χ3v) is 6.26. The number of hydrogen-bond donors (Lipinski definition) is 0. The molecule has 7 heteroatoms. The zero-order valence-corrected chi connectivity index (χ0v) is 13.8. The van der Waals surface area contributed by atoms with Gasteiger partial charge in [-0.1, -0.05) is 19.1 Å². The fraction of sp³-hybridized carbons (Fsp3) is 0.562. The Morgan fingerprint density at radius 2 is 2.04 bits per heavy atom. The first-order valence-electron chi connectivity index (χ1n) is 7.73. The molecule has 5 nitrogen and oxygen atoms in total. The summed E-state index contributed by atoms with van der Waals surface area (Å²) in [6.07, 6.45) is -0.131. The van der Waals surface area contributed by atoms with Crippen molar-refractivity contribution < 1.29 is 22.3 Å². The van der Waals surface area contributed by atoms with Crippen molar-refractivity contribution in [2.45, 2.75) is 31.4 Å². The molecule has 126 valence electrons. The van der Waals surface area contributed by atoms with Crippen LogP contribution in [0, 0.1) is 5.82 Å². The van der Waals surface area contributed by atoms with Gasteiger partial charge in [0.25, 0.3) is 0 Å². The molecule has 2 fully saturated rings. The molecule has 0 saturated carbocycles. The summed E-state index contributed by atoms with van der Waals surface area (Å²) in [7, 11) is -3.14. The molecule has 2 heterocycles. The van der Waals surface area contributed by atoms with E-state index in [0.29, 0.717) is 13.2 Å². The van der Waals surface area contributed by atoms with E-state index in [1.54, 1.807) is 17.0 Å². The van der Waals surface area contributed by atoms with Crippen LogP contribution >= 0.6 is 0 Å². The van der Waals surface area contributed by atoms with E-state index in [-0.39, 0.29) is 41.6 Å². The van der Waals surface area contributed by atoms with Gasteiger partial charge in [0.05, 0.1) is 30.3 Å². The van der Waals surface area contributed by atoms with Crippen LogP contribution in [0.25, 0.3) is 0 Å². The Kier molecular flexibility index (Phi) is 4.42. The molecular weight excluding hydrogens is 321 g/mol. The van der Waals surface area contributed by atoms with E-state index in [1.165, 1.54) is 12.1 Å². The number of carbonyl (C=O) groups excluding carboxylic acids is 1. The molecule has 0 aromatic heterocycles. The van der Waals surface area contributed by atoms with E-state index in [4.69, 9.17) is 4.74 Å². The zero-order chi connectivity index (χ0) is 16.6. The summed E-state index contributed by atoms with van der Waals surface area (Å²) >= 11 is 0. The first-order chi connectivity index (χ1) is 10.9. The number of benzene rings is 1. The van der Waals surface area contributed by atoms with E-state index in [9.17, 15) is 17.6 Å². The van der Waals surface area contributed by atoms with Crippen LogP contribution in [-0.4, -0.2) is 56.0 Å². The molecule has 2 aliphatic rings. The zero-order valence-electron chi connectivity index (χ0n) is 12.9. The first kappa shape index (κ1) is 16.4. The summed E-state index contributed by atoms with van der Waals surface area (Å²) in [4.78, 5) is 14.3. The summed E-state index contributed by atoms with van der Waals surface area (Å²) < 4.78 is 42.1. The molecule has 0 N–H and O–H groups in total. The summed E-state index contributed by atoms with van der Waals surface area (Å²) in [5.41, 5.74) is 0.892. The van der Waals surface area contributed by atoms with Crippen molar-refractivity contribution in [2.24, 2.45) is 0 Å². The Bertz CT molecular complexity index is 689. The highest BCUT2D eigenvalue weighted by molar-refractivity contribution is 7.91. The number of fused-ring (bicyclic) bond motifs is 1. The molecule has 3 rings (SSSR count). The molecule has 3 atom stereocenters. The summed E-state index contributed by atoms with van der Waals surface area (Å²) in [5.74, 6) is -0.456. The number of rotatable bonds is 3. The minimum atomic E-state index is -3.14. The highest BCUT2D eigenvalue weighted by Crippen LogP contribution is 2.27. The number of nitrogens with zero attached hydrogens (tertiary/aromatic N) is 1. The van der Waals surface area contributed by atoms with Crippen LogP contribution in [0.2, 0.25) is 0 Å². The highest BCUT2D eigenvalue weighted by atomic mass is 32.2. The van der Waals surface area contributed by atoms with Gasteiger partial charge in [-0.2, -0.15) is 0 Å². The van der Waals surface area contributed by atoms with E-state index in [2.05, 4.69) is 0 Å². The Labute approximate surface area is 135 Å².